The predicted molar refractivity (Wildman–Crippen MR) is 103 cm³/mol. The maximum Gasteiger partial charge on any atom is 0.238 e. The molecule has 4 nitrogen and oxygen atoms in total. The SMILES string of the molecule is CN(C(=O)CSc1ccccc1N)c1nc(-c2ccccc2)cs1. The third-order valence-corrected chi connectivity index (χ3v) is 5.48. The number of carbonyl (C=O) groups is 1. The van der Waals surface area contributed by atoms with Gasteiger partial charge in [0.25, 0.3) is 0 Å². The van der Waals surface area contributed by atoms with Crippen LogP contribution in [0.5, 0.6) is 0 Å². The van der Waals surface area contributed by atoms with Gasteiger partial charge in [0, 0.05) is 28.6 Å². The first-order valence-electron chi connectivity index (χ1n) is 7.40. The van der Waals surface area contributed by atoms with Crippen molar-refractivity contribution in [1.29, 1.82) is 0 Å². The Kier molecular flexibility index (Phi) is 5.17. The van der Waals surface area contributed by atoms with Gasteiger partial charge >= 0.3 is 0 Å². The highest BCUT2D eigenvalue weighted by molar-refractivity contribution is 8.00. The maximum atomic E-state index is 12.4. The molecule has 0 aliphatic rings. The number of para-hydroxylation sites is 1. The Labute approximate surface area is 149 Å². The van der Waals surface area contributed by atoms with E-state index in [1.807, 2.05) is 60.0 Å². The number of hydrogen-bond acceptors (Lipinski definition) is 5. The van der Waals surface area contributed by atoms with E-state index in [0.29, 0.717) is 16.6 Å². The minimum absolute atomic E-state index is 0.00258. The summed E-state index contributed by atoms with van der Waals surface area (Å²) >= 11 is 2.91. The van der Waals surface area contributed by atoms with Crippen LogP contribution in [0.15, 0.2) is 64.9 Å². The van der Waals surface area contributed by atoms with Crippen molar-refractivity contribution in [3.8, 4) is 11.3 Å². The summed E-state index contributed by atoms with van der Waals surface area (Å²) in [5.74, 6) is 0.322. The van der Waals surface area contributed by atoms with Gasteiger partial charge in [-0.1, -0.05) is 42.5 Å². The lowest BCUT2D eigenvalue weighted by atomic mass is 10.2. The van der Waals surface area contributed by atoms with Gasteiger partial charge in [-0.05, 0) is 12.1 Å². The highest BCUT2D eigenvalue weighted by Gasteiger charge is 2.16. The average molecular weight is 355 g/mol. The van der Waals surface area contributed by atoms with E-state index in [2.05, 4.69) is 4.98 Å². The van der Waals surface area contributed by atoms with E-state index in [9.17, 15) is 4.79 Å². The molecule has 0 atom stereocenters. The lowest BCUT2D eigenvalue weighted by Gasteiger charge is -2.13. The van der Waals surface area contributed by atoms with Crippen molar-refractivity contribution >= 4 is 39.8 Å². The van der Waals surface area contributed by atoms with Crippen molar-refractivity contribution in [2.75, 3.05) is 23.4 Å². The molecule has 1 aromatic heterocycles. The number of aromatic nitrogens is 1. The summed E-state index contributed by atoms with van der Waals surface area (Å²) in [6, 6.07) is 17.5. The number of thioether (sulfide) groups is 1. The lowest BCUT2D eigenvalue weighted by molar-refractivity contribution is -0.115. The molecule has 0 saturated carbocycles. The number of nitrogens with two attached hydrogens (primary N) is 1. The average Bonchev–Trinajstić information content (AvgIpc) is 3.11. The van der Waals surface area contributed by atoms with Gasteiger partial charge in [-0.2, -0.15) is 0 Å². The Morgan fingerprint density at radius 2 is 1.88 bits per heavy atom. The lowest BCUT2D eigenvalue weighted by Crippen LogP contribution is -2.27. The topological polar surface area (TPSA) is 59.2 Å². The van der Waals surface area contributed by atoms with E-state index in [1.165, 1.54) is 23.1 Å². The summed E-state index contributed by atoms with van der Waals surface area (Å²) in [6.45, 7) is 0. The third-order valence-electron chi connectivity index (χ3n) is 3.49. The van der Waals surface area contributed by atoms with Crippen molar-refractivity contribution < 1.29 is 4.79 Å². The van der Waals surface area contributed by atoms with Gasteiger partial charge in [0.05, 0.1) is 11.4 Å². The number of amides is 1. The largest absolute Gasteiger partial charge is 0.398 e. The Morgan fingerprint density at radius 1 is 1.17 bits per heavy atom. The molecule has 0 radical (unpaired) electrons. The van der Waals surface area contributed by atoms with Crippen LogP contribution in [0.4, 0.5) is 10.8 Å². The summed E-state index contributed by atoms with van der Waals surface area (Å²) < 4.78 is 0. The highest BCUT2D eigenvalue weighted by atomic mass is 32.2. The monoisotopic (exact) mass is 355 g/mol. The van der Waals surface area contributed by atoms with Gasteiger partial charge in [-0.3, -0.25) is 9.69 Å². The zero-order valence-corrected chi connectivity index (χ0v) is 14.8. The number of rotatable bonds is 5. The Morgan fingerprint density at radius 3 is 2.62 bits per heavy atom. The number of carbonyl (C=O) groups excluding carboxylic acids is 1. The molecule has 0 spiro atoms. The molecule has 0 unspecified atom stereocenters. The Balaban J connectivity index is 1.66. The molecule has 0 aliphatic carbocycles. The van der Waals surface area contributed by atoms with Gasteiger partial charge in [0.15, 0.2) is 5.13 Å². The van der Waals surface area contributed by atoms with Crippen molar-refractivity contribution in [2.45, 2.75) is 4.90 Å². The number of nitrogens with zero attached hydrogens (tertiary/aromatic N) is 2. The first-order valence-corrected chi connectivity index (χ1v) is 9.26. The van der Waals surface area contributed by atoms with Crippen LogP contribution in [-0.4, -0.2) is 23.7 Å². The first kappa shape index (κ1) is 16.5. The fraction of sp³-hybridized carbons (Fsp3) is 0.111. The second-order valence-corrected chi connectivity index (χ2v) is 7.01. The minimum Gasteiger partial charge on any atom is -0.398 e. The van der Waals surface area contributed by atoms with E-state index < -0.39 is 0 Å². The molecule has 3 aromatic rings. The molecule has 0 fully saturated rings. The number of anilines is 2. The summed E-state index contributed by atoms with van der Waals surface area (Å²) in [6.07, 6.45) is 0. The van der Waals surface area contributed by atoms with Crippen LogP contribution in [0.25, 0.3) is 11.3 Å². The van der Waals surface area contributed by atoms with E-state index in [4.69, 9.17) is 5.73 Å². The fourth-order valence-corrected chi connectivity index (χ4v) is 3.81. The van der Waals surface area contributed by atoms with Crippen LogP contribution >= 0.6 is 23.1 Å². The maximum absolute atomic E-state index is 12.4. The molecule has 3 rings (SSSR count). The van der Waals surface area contributed by atoms with Gasteiger partial charge in [0.2, 0.25) is 5.91 Å². The molecular formula is C18H17N3OS2. The molecule has 6 heteroatoms. The molecule has 0 bridgehead atoms. The van der Waals surface area contributed by atoms with Crippen molar-refractivity contribution in [2.24, 2.45) is 0 Å². The summed E-state index contributed by atoms with van der Waals surface area (Å²) in [7, 11) is 1.75. The van der Waals surface area contributed by atoms with Crippen LogP contribution in [0, 0.1) is 0 Å². The van der Waals surface area contributed by atoms with E-state index in [-0.39, 0.29) is 5.91 Å². The molecule has 2 N–H and O–H groups in total. The second-order valence-electron chi connectivity index (χ2n) is 5.16. The van der Waals surface area contributed by atoms with E-state index in [0.717, 1.165) is 16.2 Å². The second kappa shape index (κ2) is 7.51. The number of nitrogen functional groups attached to an aromatic ring is 1. The molecule has 1 heterocycles. The van der Waals surface area contributed by atoms with Gasteiger partial charge in [-0.15, -0.1) is 23.1 Å². The van der Waals surface area contributed by atoms with Gasteiger partial charge < -0.3 is 5.73 Å². The fourth-order valence-electron chi connectivity index (χ4n) is 2.11. The highest BCUT2D eigenvalue weighted by Crippen LogP contribution is 2.28. The van der Waals surface area contributed by atoms with Gasteiger partial charge in [-0.25, -0.2) is 4.98 Å². The summed E-state index contributed by atoms with van der Waals surface area (Å²) in [4.78, 5) is 19.5. The van der Waals surface area contributed by atoms with Crippen LogP contribution in [0.2, 0.25) is 0 Å². The smallest absolute Gasteiger partial charge is 0.238 e. The molecular weight excluding hydrogens is 338 g/mol. The number of benzene rings is 2. The molecule has 0 aliphatic heterocycles. The third kappa shape index (κ3) is 3.77. The zero-order chi connectivity index (χ0) is 16.9. The summed E-state index contributed by atoms with van der Waals surface area (Å²) in [5.41, 5.74) is 8.53. The summed E-state index contributed by atoms with van der Waals surface area (Å²) in [5, 5.41) is 2.66. The number of thiazole rings is 1. The molecule has 122 valence electrons. The predicted octanol–water partition coefficient (Wildman–Crippen LogP) is 4.15. The first-order chi connectivity index (χ1) is 11.6. The van der Waals surface area contributed by atoms with Crippen molar-refractivity contribution in [3.05, 3.63) is 60.0 Å². The minimum atomic E-state index is -0.00258. The Bertz CT molecular complexity index is 833. The Hall–Kier alpha value is -2.31. The van der Waals surface area contributed by atoms with E-state index >= 15 is 0 Å². The van der Waals surface area contributed by atoms with Gasteiger partial charge in [0.1, 0.15) is 0 Å². The zero-order valence-electron chi connectivity index (χ0n) is 13.2. The molecule has 24 heavy (non-hydrogen) atoms. The van der Waals surface area contributed by atoms with E-state index in [1.54, 1.807) is 11.9 Å². The van der Waals surface area contributed by atoms with Crippen molar-refractivity contribution in [3.63, 3.8) is 0 Å². The van der Waals surface area contributed by atoms with Crippen LogP contribution in [0.3, 0.4) is 0 Å². The molecule has 0 saturated heterocycles. The normalized spacial score (nSPS) is 10.5. The van der Waals surface area contributed by atoms with Crippen molar-refractivity contribution in [1.82, 2.24) is 4.98 Å². The molecule has 2 aromatic carbocycles. The standard InChI is InChI=1S/C18H17N3OS2/c1-21(17(22)12-23-16-10-6-5-9-14(16)19)18-20-15(11-24-18)13-7-3-2-4-8-13/h2-11H,12,19H2,1H3. The molecule has 1 amide bonds. The van der Waals surface area contributed by atoms with Crippen LogP contribution in [0.1, 0.15) is 0 Å². The number of hydrogen-bond donors (Lipinski definition) is 1. The van der Waals surface area contributed by atoms with Crippen LogP contribution in [-0.2, 0) is 4.79 Å². The quantitative estimate of drug-likeness (QED) is 0.552. The van der Waals surface area contributed by atoms with Crippen LogP contribution < -0.4 is 10.6 Å².